The lowest BCUT2D eigenvalue weighted by atomic mass is 10.1. The maximum atomic E-state index is 12.8. The average Bonchev–Trinajstić information content (AvgIpc) is 3.13. The summed E-state index contributed by atoms with van der Waals surface area (Å²) < 4.78 is 40.2. The number of nitrogens with one attached hydrogen (secondary N) is 1. The predicted octanol–water partition coefficient (Wildman–Crippen LogP) is 3.86. The number of H-pyrrole nitrogens is 1. The van der Waals surface area contributed by atoms with Gasteiger partial charge >= 0.3 is 6.18 Å². The summed E-state index contributed by atoms with van der Waals surface area (Å²) in [6.07, 6.45) is -2.16. The summed E-state index contributed by atoms with van der Waals surface area (Å²) in [5, 5.41) is 4.45. The normalized spacial score (nSPS) is 15.6. The van der Waals surface area contributed by atoms with Gasteiger partial charge in [0.15, 0.2) is 5.65 Å². The molecule has 1 fully saturated rings. The Bertz CT molecular complexity index is 855. The molecule has 0 atom stereocenters. The van der Waals surface area contributed by atoms with E-state index in [4.69, 9.17) is 0 Å². The largest absolute Gasteiger partial charge is 0.416 e. The van der Waals surface area contributed by atoms with Gasteiger partial charge in [-0.2, -0.15) is 18.3 Å². The van der Waals surface area contributed by atoms with Crippen molar-refractivity contribution >= 4 is 11.2 Å². The molecule has 1 saturated carbocycles. The number of nitrogens with zero attached hydrogens (tertiary/aromatic N) is 3. The standard InChI is InChI=1S/C15H13F3N4/c1-22-14-12(11(21-22)8-5-6-8)19-13(20-14)9-3-2-4-10(7-9)15(16,17)18/h2-4,7-8H,5-6H2,1H3,(H,19,20). The van der Waals surface area contributed by atoms with Crippen LogP contribution in [0.5, 0.6) is 0 Å². The van der Waals surface area contributed by atoms with Crippen LogP contribution < -0.4 is 0 Å². The van der Waals surface area contributed by atoms with Gasteiger partial charge in [-0.05, 0) is 25.0 Å². The summed E-state index contributed by atoms with van der Waals surface area (Å²) in [7, 11) is 1.80. The molecule has 0 radical (unpaired) electrons. The molecule has 0 saturated heterocycles. The van der Waals surface area contributed by atoms with Crippen molar-refractivity contribution in [3.05, 3.63) is 35.5 Å². The number of halogens is 3. The molecule has 7 heteroatoms. The molecule has 0 amide bonds. The lowest BCUT2D eigenvalue weighted by Crippen LogP contribution is -2.04. The Kier molecular flexibility index (Phi) is 2.64. The van der Waals surface area contributed by atoms with Gasteiger partial charge < -0.3 is 4.98 Å². The number of imidazole rings is 1. The molecule has 2 heterocycles. The fraction of sp³-hybridized carbons (Fsp3) is 0.333. The first-order valence-electron chi connectivity index (χ1n) is 7.04. The topological polar surface area (TPSA) is 46.5 Å². The van der Waals surface area contributed by atoms with Crippen molar-refractivity contribution in [2.45, 2.75) is 24.9 Å². The van der Waals surface area contributed by atoms with Gasteiger partial charge in [-0.25, -0.2) is 9.67 Å². The third kappa shape index (κ3) is 2.08. The Morgan fingerprint density at radius 3 is 2.73 bits per heavy atom. The molecule has 1 N–H and O–H groups in total. The quantitative estimate of drug-likeness (QED) is 0.781. The minimum Gasteiger partial charge on any atom is -0.335 e. The van der Waals surface area contributed by atoms with E-state index < -0.39 is 11.7 Å². The lowest BCUT2D eigenvalue weighted by Gasteiger charge is -2.07. The van der Waals surface area contributed by atoms with Crippen molar-refractivity contribution in [1.82, 2.24) is 19.7 Å². The molecule has 1 aromatic carbocycles. The second-order valence-electron chi connectivity index (χ2n) is 5.65. The van der Waals surface area contributed by atoms with Crippen LogP contribution in [0.2, 0.25) is 0 Å². The minimum absolute atomic E-state index is 0.424. The second kappa shape index (κ2) is 4.34. The molecule has 114 valence electrons. The van der Waals surface area contributed by atoms with Crippen molar-refractivity contribution in [3.8, 4) is 11.4 Å². The van der Waals surface area contributed by atoms with Gasteiger partial charge in [0, 0.05) is 18.5 Å². The van der Waals surface area contributed by atoms with E-state index in [0.29, 0.717) is 23.0 Å². The Morgan fingerprint density at radius 2 is 2.05 bits per heavy atom. The number of fused-ring (bicyclic) bond motifs is 1. The summed E-state index contributed by atoms with van der Waals surface area (Å²) in [4.78, 5) is 7.55. The minimum atomic E-state index is -4.36. The van der Waals surface area contributed by atoms with Gasteiger partial charge in [0.1, 0.15) is 11.3 Å². The average molecular weight is 306 g/mol. The van der Waals surface area contributed by atoms with Gasteiger partial charge in [0.25, 0.3) is 0 Å². The molecular formula is C15H13F3N4. The first-order valence-corrected chi connectivity index (χ1v) is 7.04. The van der Waals surface area contributed by atoms with Gasteiger partial charge in [-0.1, -0.05) is 12.1 Å². The van der Waals surface area contributed by atoms with Crippen LogP contribution in [0.3, 0.4) is 0 Å². The monoisotopic (exact) mass is 306 g/mol. The van der Waals surface area contributed by atoms with Crippen LogP contribution in [0.15, 0.2) is 24.3 Å². The Balaban J connectivity index is 1.83. The number of rotatable bonds is 2. The number of aromatic nitrogens is 4. The zero-order valence-electron chi connectivity index (χ0n) is 11.8. The third-order valence-electron chi connectivity index (χ3n) is 3.93. The number of aromatic amines is 1. The molecule has 0 bridgehead atoms. The lowest BCUT2D eigenvalue weighted by molar-refractivity contribution is -0.137. The Labute approximate surface area is 124 Å². The molecule has 3 aromatic rings. The van der Waals surface area contributed by atoms with E-state index in [1.807, 2.05) is 0 Å². The summed E-state index contributed by atoms with van der Waals surface area (Å²) in [5.74, 6) is 0.884. The van der Waals surface area contributed by atoms with Crippen LogP contribution in [-0.4, -0.2) is 19.7 Å². The van der Waals surface area contributed by atoms with Crippen molar-refractivity contribution in [1.29, 1.82) is 0 Å². The highest BCUT2D eigenvalue weighted by Gasteiger charge is 2.32. The van der Waals surface area contributed by atoms with Crippen LogP contribution in [0.1, 0.15) is 30.0 Å². The van der Waals surface area contributed by atoms with Gasteiger partial charge in [0.05, 0.1) is 11.3 Å². The maximum absolute atomic E-state index is 12.8. The fourth-order valence-electron chi connectivity index (χ4n) is 2.66. The summed E-state index contributed by atoms with van der Waals surface area (Å²) in [6.45, 7) is 0. The van der Waals surface area contributed by atoms with Crippen molar-refractivity contribution in [3.63, 3.8) is 0 Å². The van der Waals surface area contributed by atoms with Crippen molar-refractivity contribution in [2.75, 3.05) is 0 Å². The molecule has 4 nitrogen and oxygen atoms in total. The van der Waals surface area contributed by atoms with Crippen molar-refractivity contribution in [2.24, 2.45) is 7.05 Å². The molecule has 22 heavy (non-hydrogen) atoms. The summed E-state index contributed by atoms with van der Waals surface area (Å²) in [6, 6.07) is 5.19. The van der Waals surface area contributed by atoms with Crippen LogP contribution in [-0.2, 0) is 13.2 Å². The van der Waals surface area contributed by atoms with Gasteiger partial charge in [-0.3, -0.25) is 0 Å². The van der Waals surface area contributed by atoms with Crippen LogP contribution in [0.25, 0.3) is 22.6 Å². The van der Waals surface area contributed by atoms with Crippen LogP contribution in [0, 0.1) is 0 Å². The Morgan fingerprint density at radius 1 is 1.27 bits per heavy atom. The van der Waals surface area contributed by atoms with Crippen LogP contribution in [0.4, 0.5) is 13.2 Å². The van der Waals surface area contributed by atoms with Gasteiger partial charge in [-0.15, -0.1) is 0 Å². The van der Waals surface area contributed by atoms with E-state index >= 15 is 0 Å². The highest BCUT2D eigenvalue weighted by Crippen LogP contribution is 2.42. The van der Waals surface area contributed by atoms with Crippen LogP contribution >= 0.6 is 0 Å². The van der Waals surface area contributed by atoms with Crippen molar-refractivity contribution < 1.29 is 13.2 Å². The molecule has 2 aromatic heterocycles. The van der Waals surface area contributed by atoms with E-state index in [1.165, 1.54) is 6.07 Å². The second-order valence-corrected chi connectivity index (χ2v) is 5.65. The number of hydrogen-bond acceptors (Lipinski definition) is 2. The smallest absolute Gasteiger partial charge is 0.335 e. The molecule has 4 rings (SSSR count). The number of alkyl halides is 3. The third-order valence-corrected chi connectivity index (χ3v) is 3.93. The maximum Gasteiger partial charge on any atom is 0.416 e. The van der Waals surface area contributed by atoms with E-state index in [0.717, 1.165) is 36.2 Å². The zero-order valence-corrected chi connectivity index (χ0v) is 11.8. The predicted molar refractivity (Wildman–Crippen MR) is 75.3 cm³/mol. The fourth-order valence-corrected chi connectivity index (χ4v) is 2.66. The van der Waals surface area contributed by atoms with Gasteiger partial charge in [0.2, 0.25) is 0 Å². The molecule has 0 aliphatic heterocycles. The SMILES string of the molecule is Cn1nc(C2CC2)c2[nH]c(-c3cccc(C(F)(F)F)c3)nc21. The highest BCUT2D eigenvalue weighted by molar-refractivity contribution is 5.79. The van der Waals surface area contributed by atoms with E-state index in [1.54, 1.807) is 17.8 Å². The van der Waals surface area contributed by atoms with E-state index in [9.17, 15) is 13.2 Å². The molecular weight excluding hydrogens is 293 g/mol. The van der Waals surface area contributed by atoms with E-state index in [2.05, 4.69) is 15.1 Å². The molecule has 0 spiro atoms. The molecule has 0 unspecified atom stereocenters. The van der Waals surface area contributed by atoms with E-state index in [-0.39, 0.29) is 0 Å². The first-order chi connectivity index (χ1) is 10.4. The zero-order chi connectivity index (χ0) is 15.5. The molecule has 1 aliphatic carbocycles. The first kappa shape index (κ1) is 13.4. The Hall–Kier alpha value is -2.31. The number of benzene rings is 1. The number of aryl methyl sites for hydroxylation is 1. The highest BCUT2D eigenvalue weighted by atomic mass is 19.4. The summed E-state index contributed by atoms with van der Waals surface area (Å²) in [5.41, 5.74) is 2.22. The molecule has 1 aliphatic rings. The summed E-state index contributed by atoms with van der Waals surface area (Å²) >= 11 is 0. The number of hydrogen-bond donors (Lipinski definition) is 1.